The molecule has 1 atom stereocenters. The molecular formula is C10H10BrF2NO2. The number of carbonyl (C=O) groups excluding carboxylic acids is 1. The van der Waals surface area contributed by atoms with Gasteiger partial charge >= 0.3 is 5.97 Å². The van der Waals surface area contributed by atoms with Crippen molar-refractivity contribution < 1.29 is 18.3 Å². The molecule has 0 saturated heterocycles. The zero-order valence-electron chi connectivity index (χ0n) is 8.68. The monoisotopic (exact) mass is 293 g/mol. The van der Waals surface area contributed by atoms with E-state index < -0.39 is 23.6 Å². The van der Waals surface area contributed by atoms with Gasteiger partial charge in [-0.2, -0.15) is 0 Å². The number of ether oxygens (including phenoxy) is 1. The highest BCUT2D eigenvalue weighted by atomic mass is 79.9. The molecular weight excluding hydrogens is 284 g/mol. The molecule has 0 spiro atoms. The number of methoxy groups -OCH3 is 1. The Morgan fingerprint density at radius 1 is 1.44 bits per heavy atom. The van der Waals surface area contributed by atoms with Crippen molar-refractivity contribution in [2.45, 2.75) is 13.0 Å². The van der Waals surface area contributed by atoms with Crippen molar-refractivity contribution in [2.75, 3.05) is 12.4 Å². The molecule has 0 aliphatic rings. The number of halogens is 3. The summed E-state index contributed by atoms with van der Waals surface area (Å²) in [5, 5.41) is 2.41. The van der Waals surface area contributed by atoms with Crippen LogP contribution in [0.15, 0.2) is 16.6 Å². The Kier molecular flexibility index (Phi) is 4.23. The van der Waals surface area contributed by atoms with Crippen LogP contribution in [0.1, 0.15) is 6.92 Å². The number of benzene rings is 1. The van der Waals surface area contributed by atoms with Gasteiger partial charge in [-0.1, -0.05) is 15.9 Å². The van der Waals surface area contributed by atoms with Crippen molar-refractivity contribution >= 4 is 27.6 Å². The van der Waals surface area contributed by atoms with Crippen molar-refractivity contribution in [3.8, 4) is 0 Å². The molecule has 0 aliphatic heterocycles. The van der Waals surface area contributed by atoms with Crippen LogP contribution in [-0.4, -0.2) is 19.1 Å². The third kappa shape index (κ3) is 2.91. The minimum Gasteiger partial charge on any atom is -0.467 e. The number of hydrogen-bond donors (Lipinski definition) is 1. The molecule has 0 aromatic heterocycles. The maximum absolute atomic E-state index is 13.4. The fourth-order valence-corrected chi connectivity index (χ4v) is 1.53. The summed E-state index contributed by atoms with van der Waals surface area (Å²) in [6, 6.07) is 1.39. The third-order valence-corrected chi connectivity index (χ3v) is 2.38. The highest BCUT2D eigenvalue weighted by Gasteiger charge is 2.17. The number of nitrogens with one attached hydrogen (secondary N) is 1. The van der Waals surface area contributed by atoms with Crippen LogP contribution in [-0.2, 0) is 9.53 Å². The van der Waals surface area contributed by atoms with Gasteiger partial charge < -0.3 is 10.1 Å². The maximum Gasteiger partial charge on any atom is 0.327 e. The molecule has 0 aliphatic carbocycles. The summed E-state index contributed by atoms with van der Waals surface area (Å²) in [5.41, 5.74) is -0.346. The van der Waals surface area contributed by atoms with Gasteiger partial charge in [0.1, 0.15) is 23.4 Å². The molecule has 3 nitrogen and oxygen atoms in total. The largest absolute Gasteiger partial charge is 0.467 e. The second-order valence-corrected chi connectivity index (χ2v) is 4.05. The smallest absolute Gasteiger partial charge is 0.327 e. The topological polar surface area (TPSA) is 38.3 Å². The van der Waals surface area contributed by atoms with E-state index in [1.807, 2.05) is 0 Å². The Morgan fingerprint density at radius 3 is 2.38 bits per heavy atom. The summed E-state index contributed by atoms with van der Waals surface area (Å²) in [6.45, 7) is 1.45. The predicted octanol–water partition coefficient (Wildman–Crippen LogP) is 2.70. The molecule has 1 aromatic carbocycles. The summed E-state index contributed by atoms with van der Waals surface area (Å²) < 4.78 is 31.4. The quantitative estimate of drug-likeness (QED) is 0.871. The summed E-state index contributed by atoms with van der Waals surface area (Å²) in [4.78, 5) is 11.1. The standard InChI is InChI=1S/C10H10BrF2NO2/c1-5(10(15)16-2)14-9-7(12)3-6(11)4-8(9)13/h3-5,14H,1-2H3. The van der Waals surface area contributed by atoms with Crippen molar-refractivity contribution in [3.63, 3.8) is 0 Å². The first kappa shape index (κ1) is 12.9. The molecule has 0 bridgehead atoms. The number of carbonyl (C=O) groups is 1. The molecule has 0 amide bonds. The van der Waals surface area contributed by atoms with Crippen molar-refractivity contribution in [1.29, 1.82) is 0 Å². The van der Waals surface area contributed by atoms with Gasteiger partial charge in [-0.15, -0.1) is 0 Å². The van der Waals surface area contributed by atoms with E-state index in [2.05, 4.69) is 26.0 Å². The van der Waals surface area contributed by atoms with Crippen molar-refractivity contribution in [1.82, 2.24) is 0 Å². The Hall–Kier alpha value is -1.17. The fourth-order valence-electron chi connectivity index (χ4n) is 1.13. The van der Waals surface area contributed by atoms with Crippen LogP contribution in [0, 0.1) is 11.6 Å². The van der Waals surface area contributed by atoms with Gasteiger partial charge in [0.05, 0.1) is 7.11 Å². The van der Waals surface area contributed by atoms with Crippen LogP contribution in [0.25, 0.3) is 0 Å². The van der Waals surface area contributed by atoms with Crippen LogP contribution in [0.4, 0.5) is 14.5 Å². The van der Waals surface area contributed by atoms with Crippen molar-refractivity contribution in [2.24, 2.45) is 0 Å². The summed E-state index contributed by atoms with van der Waals surface area (Å²) >= 11 is 2.96. The van der Waals surface area contributed by atoms with Gasteiger partial charge in [-0.3, -0.25) is 0 Å². The highest BCUT2D eigenvalue weighted by molar-refractivity contribution is 9.10. The first-order chi connectivity index (χ1) is 7.45. The van der Waals surface area contributed by atoms with E-state index in [-0.39, 0.29) is 5.69 Å². The fraction of sp³-hybridized carbons (Fsp3) is 0.300. The number of anilines is 1. The molecule has 16 heavy (non-hydrogen) atoms. The molecule has 6 heteroatoms. The van der Waals surface area contributed by atoms with Gasteiger partial charge in [-0.25, -0.2) is 13.6 Å². The van der Waals surface area contributed by atoms with Gasteiger partial charge in [0, 0.05) is 4.47 Å². The van der Waals surface area contributed by atoms with E-state index in [1.165, 1.54) is 14.0 Å². The van der Waals surface area contributed by atoms with Crippen LogP contribution in [0.3, 0.4) is 0 Å². The van der Waals surface area contributed by atoms with E-state index in [4.69, 9.17) is 0 Å². The lowest BCUT2D eigenvalue weighted by atomic mass is 10.2. The maximum atomic E-state index is 13.4. The van der Waals surface area contributed by atoms with Gasteiger partial charge in [0.25, 0.3) is 0 Å². The van der Waals surface area contributed by atoms with Crippen LogP contribution < -0.4 is 5.32 Å². The normalized spacial score (nSPS) is 12.1. The zero-order chi connectivity index (χ0) is 12.3. The number of rotatable bonds is 3. The van der Waals surface area contributed by atoms with E-state index in [0.29, 0.717) is 4.47 Å². The summed E-state index contributed by atoms with van der Waals surface area (Å²) in [5.74, 6) is -2.15. The molecule has 1 unspecified atom stereocenters. The van der Waals surface area contributed by atoms with Crippen LogP contribution in [0.5, 0.6) is 0 Å². The van der Waals surface area contributed by atoms with E-state index >= 15 is 0 Å². The first-order valence-electron chi connectivity index (χ1n) is 4.44. The second-order valence-electron chi connectivity index (χ2n) is 3.13. The second kappa shape index (κ2) is 5.25. The molecule has 0 fully saturated rings. The average Bonchev–Trinajstić information content (AvgIpc) is 2.21. The Labute approximate surface area is 99.9 Å². The lowest BCUT2D eigenvalue weighted by Crippen LogP contribution is -2.28. The first-order valence-corrected chi connectivity index (χ1v) is 5.24. The molecule has 0 radical (unpaired) electrons. The van der Waals surface area contributed by atoms with Gasteiger partial charge in [-0.05, 0) is 19.1 Å². The Balaban J connectivity index is 2.93. The van der Waals surface area contributed by atoms with Crippen LogP contribution in [0.2, 0.25) is 0 Å². The minimum atomic E-state index is -0.824. The molecule has 1 rings (SSSR count). The van der Waals surface area contributed by atoms with Crippen LogP contribution >= 0.6 is 15.9 Å². The molecule has 1 N–H and O–H groups in total. The summed E-state index contributed by atoms with van der Waals surface area (Å²) in [7, 11) is 1.20. The van der Waals surface area contributed by atoms with Gasteiger partial charge in [0.15, 0.2) is 0 Å². The lowest BCUT2D eigenvalue weighted by molar-refractivity contribution is -0.141. The Morgan fingerprint density at radius 2 is 1.94 bits per heavy atom. The average molecular weight is 294 g/mol. The van der Waals surface area contributed by atoms with Gasteiger partial charge in [0.2, 0.25) is 0 Å². The highest BCUT2D eigenvalue weighted by Crippen LogP contribution is 2.24. The van der Waals surface area contributed by atoms with E-state index in [1.54, 1.807) is 0 Å². The summed E-state index contributed by atoms with van der Waals surface area (Å²) in [6.07, 6.45) is 0. The minimum absolute atomic E-state index is 0.291. The van der Waals surface area contributed by atoms with E-state index in [0.717, 1.165) is 12.1 Å². The lowest BCUT2D eigenvalue weighted by Gasteiger charge is -2.14. The molecule has 1 aromatic rings. The molecule has 0 heterocycles. The Bertz CT molecular complexity index is 389. The SMILES string of the molecule is COC(=O)C(C)Nc1c(F)cc(Br)cc1F. The zero-order valence-corrected chi connectivity index (χ0v) is 10.3. The van der Waals surface area contributed by atoms with E-state index in [9.17, 15) is 13.6 Å². The predicted molar refractivity (Wildman–Crippen MR) is 59.2 cm³/mol. The molecule has 0 saturated carbocycles. The van der Waals surface area contributed by atoms with Crippen molar-refractivity contribution in [3.05, 3.63) is 28.2 Å². The number of hydrogen-bond acceptors (Lipinski definition) is 3. The molecule has 88 valence electrons. The number of esters is 1. The third-order valence-electron chi connectivity index (χ3n) is 1.92.